The van der Waals surface area contributed by atoms with E-state index in [4.69, 9.17) is 9.72 Å². The summed E-state index contributed by atoms with van der Waals surface area (Å²) in [7, 11) is 0. The molecule has 1 amide bonds. The molecule has 0 radical (unpaired) electrons. The lowest BCUT2D eigenvalue weighted by Crippen LogP contribution is -2.41. The van der Waals surface area contributed by atoms with Crippen LogP contribution in [-0.2, 0) is 4.79 Å². The highest BCUT2D eigenvalue weighted by Gasteiger charge is 2.29. The van der Waals surface area contributed by atoms with E-state index in [-0.39, 0.29) is 17.5 Å². The zero-order chi connectivity index (χ0) is 21.1. The Bertz CT molecular complexity index is 1080. The van der Waals surface area contributed by atoms with Gasteiger partial charge in [-0.05, 0) is 50.1 Å². The van der Waals surface area contributed by atoms with Gasteiger partial charge in [0, 0.05) is 17.6 Å². The Morgan fingerprint density at radius 3 is 2.77 bits per heavy atom. The van der Waals surface area contributed by atoms with E-state index in [2.05, 4.69) is 26.2 Å². The summed E-state index contributed by atoms with van der Waals surface area (Å²) in [4.78, 5) is 24.2. The highest BCUT2D eigenvalue weighted by Crippen LogP contribution is 2.31. The van der Waals surface area contributed by atoms with Crippen LogP contribution in [0.4, 0.5) is 15.9 Å². The maximum atomic E-state index is 14.1. The fourth-order valence-corrected chi connectivity index (χ4v) is 3.96. The summed E-state index contributed by atoms with van der Waals surface area (Å²) >= 11 is 3.23. The second-order valence-electron chi connectivity index (χ2n) is 7.17. The molecular formula is C22H22BrFN4O2. The lowest BCUT2D eigenvalue weighted by molar-refractivity contribution is -0.120. The lowest BCUT2D eigenvalue weighted by Gasteiger charge is -2.33. The number of carbonyl (C=O) groups is 1. The van der Waals surface area contributed by atoms with E-state index >= 15 is 0 Å². The van der Waals surface area contributed by atoms with Crippen LogP contribution in [0.5, 0.6) is 5.88 Å². The van der Waals surface area contributed by atoms with Gasteiger partial charge in [0.25, 0.3) is 5.88 Å². The van der Waals surface area contributed by atoms with Crippen LogP contribution in [-0.4, -0.2) is 35.6 Å². The van der Waals surface area contributed by atoms with Crippen LogP contribution in [0.25, 0.3) is 11.0 Å². The maximum Gasteiger partial charge on any atom is 0.258 e. The fraction of sp³-hybridized carbons (Fsp3) is 0.318. The molecule has 1 atom stereocenters. The van der Waals surface area contributed by atoms with Gasteiger partial charge in [-0.3, -0.25) is 4.79 Å². The van der Waals surface area contributed by atoms with E-state index in [9.17, 15) is 9.18 Å². The predicted molar refractivity (Wildman–Crippen MR) is 118 cm³/mol. The Hall–Kier alpha value is -2.74. The van der Waals surface area contributed by atoms with Crippen LogP contribution in [0.2, 0.25) is 0 Å². The summed E-state index contributed by atoms with van der Waals surface area (Å²) in [6.07, 6.45) is 1.55. The number of benzene rings is 2. The zero-order valence-electron chi connectivity index (χ0n) is 16.6. The van der Waals surface area contributed by atoms with Crippen LogP contribution in [0.3, 0.4) is 0 Å². The quantitative estimate of drug-likeness (QED) is 0.578. The number of nitrogens with zero attached hydrogens (tertiary/aromatic N) is 3. The van der Waals surface area contributed by atoms with Gasteiger partial charge in [-0.25, -0.2) is 14.4 Å². The third-order valence-corrected chi connectivity index (χ3v) is 5.58. The van der Waals surface area contributed by atoms with Gasteiger partial charge in [0.1, 0.15) is 5.82 Å². The molecule has 8 heteroatoms. The number of fused-ring (bicyclic) bond motifs is 1. The summed E-state index contributed by atoms with van der Waals surface area (Å²) in [5, 5.41) is 2.72. The molecule has 4 rings (SSSR count). The Labute approximate surface area is 182 Å². The molecule has 1 saturated heterocycles. The molecule has 0 bridgehead atoms. The smallest absolute Gasteiger partial charge is 0.258 e. The van der Waals surface area contributed by atoms with Crippen LogP contribution in [0.15, 0.2) is 46.9 Å². The number of piperidine rings is 1. The van der Waals surface area contributed by atoms with E-state index in [0.29, 0.717) is 29.3 Å². The summed E-state index contributed by atoms with van der Waals surface area (Å²) in [5.74, 6) is 0.153. The van der Waals surface area contributed by atoms with Gasteiger partial charge in [-0.1, -0.05) is 28.1 Å². The molecule has 2 heterocycles. The van der Waals surface area contributed by atoms with E-state index in [1.807, 2.05) is 36.1 Å². The van der Waals surface area contributed by atoms with E-state index in [1.54, 1.807) is 12.1 Å². The highest BCUT2D eigenvalue weighted by molar-refractivity contribution is 9.10. The van der Waals surface area contributed by atoms with Crippen molar-refractivity contribution in [3.8, 4) is 5.88 Å². The van der Waals surface area contributed by atoms with Crippen molar-refractivity contribution in [2.45, 2.75) is 19.8 Å². The second kappa shape index (κ2) is 8.95. The van der Waals surface area contributed by atoms with Crippen LogP contribution >= 0.6 is 15.9 Å². The number of nitrogens with one attached hydrogen (secondary N) is 1. The molecule has 6 nitrogen and oxygen atoms in total. The molecule has 30 heavy (non-hydrogen) atoms. The minimum Gasteiger partial charge on any atom is -0.475 e. The van der Waals surface area contributed by atoms with Crippen molar-refractivity contribution in [2.75, 3.05) is 29.9 Å². The highest BCUT2D eigenvalue weighted by atomic mass is 79.9. The van der Waals surface area contributed by atoms with Crippen molar-refractivity contribution in [3.63, 3.8) is 0 Å². The lowest BCUT2D eigenvalue weighted by atomic mass is 9.97. The second-order valence-corrected chi connectivity index (χ2v) is 8.09. The van der Waals surface area contributed by atoms with Crippen molar-refractivity contribution in [1.82, 2.24) is 9.97 Å². The number of rotatable bonds is 5. The monoisotopic (exact) mass is 472 g/mol. The summed E-state index contributed by atoms with van der Waals surface area (Å²) in [6, 6.07) is 12.2. The molecular weight excluding hydrogens is 451 g/mol. The first-order valence-electron chi connectivity index (χ1n) is 9.95. The van der Waals surface area contributed by atoms with Gasteiger partial charge in [0.2, 0.25) is 5.91 Å². The van der Waals surface area contributed by atoms with Gasteiger partial charge in [-0.2, -0.15) is 0 Å². The molecule has 1 unspecified atom stereocenters. The molecule has 1 aromatic heterocycles. The Morgan fingerprint density at radius 1 is 1.27 bits per heavy atom. The molecule has 1 N–H and O–H groups in total. The van der Waals surface area contributed by atoms with Crippen LogP contribution < -0.4 is 15.0 Å². The standard InChI is InChI=1S/C22H22BrFN4O2/c1-2-30-22-20(25-18-7-3-4-8-19(18)27-22)28-11-5-6-14(13-28)21(29)26-17-10-9-15(23)12-16(17)24/h3-4,7-10,12,14H,2,5-6,11,13H2,1H3,(H,26,29). The normalized spacial score (nSPS) is 16.5. The SMILES string of the molecule is CCOc1nc2ccccc2nc1N1CCCC(C(=O)Nc2ccc(Br)cc2F)C1. The first-order valence-corrected chi connectivity index (χ1v) is 10.7. The molecule has 156 valence electrons. The number of para-hydroxylation sites is 2. The minimum atomic E-state index is -0.468. The van der Waals surface area contributed by atoms with E-state index in [1.165, 1.54) is 6.07 Å². The average molecular weight is 473 g/mol. The van der Waals surface area contributed by atoms with Gasteiger partial charge in [0.15, 0.2) is 5.82 Å². The molecule has 3 aromatic rings. The third-order valence-electron chi connectivity index (χ3n) is 5.08. The van der Waals surface area contributed by atoms with Crippen molar-refractivity contribution in [3.05, 3.63) is 52.8 Å². The van der Waals surface area contributed by atoms with Crippen LogP contribution in [0.1, 0.15) is 19.8 Å². The summed E-state index contributed by atoms with van der Waals surface area (Å²) in [5.41, 5.74) is 1.72. The first kappa shape index (κ1) is 20.5. The molecule has 0 saturated carbocycles. The van der Waals surface area contributed by atoms with Gasteiger partial charge in [0.05, 0.1) is 29.2 Å². The topological polar surface area (TPSA) is 67.4 Å². The van der Waals surface area contributed by atoms with Gasteiger partial charge in [-0.15, -0.1) is 0 Å². The molecule has 1 aliphatic heterocycles. The van der Waals surface area contributed by atoms with E-state index in [0.717, 1.165) is 30.4 Å². The number of ether oxygens (including phenoxy) is 1. The number of hydrogen-bond acceptors (Lipinski definition) is 5. The molecule has 0 spiro atoms. The number of carbonyl (C=O) groups excluding carboxylic acids is 1. The molecule has 1 aliphatic rings. The zero-order valence-corrected chi connectivity index (χ0v) is 18.2. The van der Waals surface area contributed by atoms with Crippen molar-refractivity contribution in [1.29, 1.82) is 0 Å². The van der Waals surface area contributed by atoms with Gasteiger partial charge >= 0.3 is 0 Å². The van der Waals surface area contributed by atoms with Crippen molar-refractivity contribution >= 4 is 44.4 Å². The maximum absolute atomic E-state index is 14.1. The largest absolute Gasteiger partial charge is 0.475 e. The van der Waals surface area contributed by atoms with Crippen LogP contribution in [0, 0.1) is 11.7 Å². The molecule has 1 fully saturated rings. The van der Waals surface area contributed by atoms with Crippen molar-refractivity contribution < 1.29 is 13.9 Å². The first-order chi connectivity index (χ1) is 14.5. The summed E-state index contributed by atoms with van der Waals surface area (Å²) < 4.78 is 20.5. The fourth-order valence-electron chi connectivity index (χ4n) is 3.62. The molecule has 0 aliphatic carbocycles. The average Bonchev–Trinajstić information content (AvgIpc) is 2.75. The minimum absolute atomic E-state index is 0.181. The number of aromatic nitrogens is 2. The predicted octanol–water partition coefficient (Wildman–Crippen LogP) is 4.79. The Morgan fingerprint density at radius 2 is 2.03 bits per heavy atom. The molecule has 2 aromatic carbocycles. The number of halogens is 2. The Kier molecular flexibility index (Phi) is 6.13. The summed E-state index contributed by atoms with van der Waals surface area (Å²) in [6.45, 7) is 3.60. The van der Waals surface area contributed by atoms with Crippen molar-refractivity contribution in [2.24, 2.45) is 5.92 Å². The Balaban J connectivity index is 1.56. The number of hydrogen-bond donors (Lipinski definition) is 1. The van der Waals surface area contributed by atoms with Gasteiger partial charge < -0.3 is 15.0 Å². The number of anilines is 2. The van der Waals surface area contributed by atoms with E-state index < -0.39 is 5.82 Å². The third kappa shape index (κ3) is 4.38. The number of amides is 1.